The van der Waals surface area contributed by atoms with Gasteiger partial charge in [-0.3, -0.25) is 0 Å². The van der Waals surface area contributed by atoms with Crippen LogP contribution in [0.2, 0.25) is 0 Å². The monoisotopic (exact) mass is 286 g/mol. The summed E-state index contributed by atoms with van der Waals surface area (Å²) in [6.45, 7) is 0.385. The van der Waals surface area contributed by atoms with Crippen molar-refractivity contribution in [1.82, 2.24) is 5.32 Å². The molecule has 20 heavy (non-hydrogen) atoms. The number of ether oxygens (including phenoxy) is 1. The molecule has 1 aliphatic carbocycles. The summed E-state index contributed by atoms with van der Waals surface area (Å²) in [5, 5.41) is 3.40. The van der Waals surface area contributed by atoms with Crippen molar-refractivity contribution < 1.29 is 17.9 Å². The third-order valence-corrected chi connectivity index (χ3v) is 3.20. The minimum Gasteiger partial charge on any atom is -0.406 e. The maximum atomic E-state index is 12.1. The van der Waals surface area contributed by atoms with E-state index in [1.54, 1.807) is 12.1 Å². The fraction of sp³-hybridized carbons (Fsp3) is 0.429. The smallest absolute Gasteiger partial charge is 0.406 e. The first-order chi connectivity index (χ1) is 9.48. The van der Waals surface area contributed by atoms with Gasteiger partial charge in [0.05, 0.1) is 0 Å². The number of nitrogens with two attached hydrogens (primary N) is 1. The van der Waals surface area contributed by atoms with Gasteiger partial charge in [0.15, 0.2) is 0 Å². The lowest BCUT2D eigenvalue weighted by molar-refractivity contribution is -0.274. The van der Waals surface area contributed by atoms with E-state index >= 15 is 0 Å². The van der Waals surface area contributed by atoms with E-state index in [2.05, 4.69) is 22.2 Å². The summed E-state index contributed by atoms with van der Waals surface area (Å²) in [6.07, 6.45) is 1.44. The predicted molar refractivity (Wildman–Crippen MR) is 70.2 cm³/mol. The van der Waals surface area contributed by atoms with Crippen molar-refractivity contribution >= 4 is 0 Å². The van der Waals surface area contributed by atoms with Crippen LogP contribution in [0.1, 0.15) is 24.4 Å². The third-order valence-electron chi connectivity index (χ3n) is 3.20. The van der Waals surface area contributed by atoms with Gasteiger partial charge >= 0.3 is 6.36 Å². The highest BCUT2D eigenvalue weighted by atomic mass is 19.4. The molecule has 0 spiro atoms. The Morgan fingerprint density at radius 3 is 2.30 bits per heavy atom. The molecule has 0 saturated carbocycles. The largest absolute Gasteiger partial charge is 0.573 e. The topological polar surface area (TPSA) is 47.3 Å². The van der Waals surface area contributed by atoms with E-state index in [4.69, 9.17) is 5.73 Å². The fourth-order valence-electron chi connectivity index (χ4n) is 2.24. The van der Waals surface area contributed by atoms with Crippen molar-refractivity contribution in [3.8, 4) is 5.75 Å². The van der Waals surface area contributed by atoms with Crippen molar-refractivity contribution in [2.45, 2.75) is 31.3 Å². The minimum atomic E-state index is -4.66. The van der Waals surface area contributed by atoms with Gasteiger partial charge in [0.25, 0.3) is 0 Å². The molecule has 6 heteroatoms. The lowest BCUT2D eigenvalue weighted by Crippen LogP contribution is -2.35. The van der Waals surface area contributed by atoms with Crippen LogP contribution >= 0.6 is 0 Å². The first-order valence-electron chi connectivity index (χ1n) is 6.45. The summed E-state index contributed by atoms with van der Waals surface area (Å²) in [7, 11) is 0. The third kappa shape index (κ3) is 4.25. The molecule has 1 atom stereocenters. The van der Waals surface area contributed by atoms with E-state index in [1.165, 1.54) is 12.1 Å². The highest BCUT2D eigenvalue weighted by molar-refractivity contribution is 5.29. The van der Waals surface area contributed by atoms with Crippen LogP contribution in [0.5, 0.6) is 5.75 Å². The SMILES string of the molecule is NCC(NC1CC=CC1)c1ccc(OC(F)(F)F)cc1. The Morgan fingerprint density at radius 1 is 1.20 bits per heavy atom. The van der Waals surface area contributed by atoms with E-state index in [9.17, 15) is 13.2 Å². The highest BCUT2D eigenvalue weighted by Gasteiger charge is 2.31. The predicted octanol–water partition coefficient (Wildman–Crippen LogP) is 2.89. The molecule has 0 aliphatic heterocycles. The molecular weight excluding hydrogens is 269 g/mol. The molecule has 0 saturated heterocycles. The number of benzene rings is 1. The van der Waals surface area contributed by atoms with Crippen molar-refractivity contribution in [2.24, 2.45) is 5.73 Å². The van der Waals surface area contributed by atoms with E-state index in [-0.39, 0.29) is 11.8 Å². The summed E-state index contributed by atoms with van der Waals surface area (Å²) in [5.74, 6) is -0.223. The van der Waals surface area contributed by atoms with Gasteiger partial charge in [-0.15, -0.1) is 13.2 Å². The van der Waals surface area contributed by atoms with Crippen LogP contribution in [0.25, 0.3) is 0 Å². The van der Waals surface area contributed by atoms with Crippen molar-refractivity contribution in [3.05, 3.63) is 42.0 Å². The summed E-state index contributed by atoms with van der Waals surface area (Å²) in [4.78, 5) is 0. The van der Waals surface area contributed by atoms with Crippen LogP contribution in [-0.4, -0.2) is 18.9 Å². The highest BCUT2D eigenvalue weighted by Crippen LogP contribution is 2.25. The quantitative estimate of drug-likeness (QED) is 0.818. The number of alkyl halides is 3. The molecule has 3 N–H and O–H groups in total. The van der Waals surface area contributed by atoms with E-state index < -0.39 is 6.36 Å². The molecule has 0 fully saturated rings. The molecule has 1 unspecified atom stereocenters. The number of hydrogen-bond donors (Lipinski definition) is 2. The van der Waals surface area contributed by atoms with Gasteiger partial charge < -0.3 is 15.8 Å². The van der Waals surface area contributed by atoms with Gasteiger partial charge in [-0.05, 0) is 30.5 Å². The Kier molecular flexibility index (Phi) is 4.67. The van der Waals surface area contributed by atoms with Gasteiger partial charge in [-0.25, -0.2) is 0 Å². The molecule has 1 aliphatic rings. The Labute approximate surface area is 115 Å². The maximum absolute atomic E-state index is 12.1. The van der Waals surface area contributed by atoms with Crippen LogP contribution in [0.3, 0.4) is 0 Å². The Morgan fingerprint density at radius 2 is 1.80 bits per heavy atom. The van der Waals surface area contributed by atoms with Gasteiger partial charge in [0.2, 0.25) is 0 Å². The molecule has 2 rings (SSSR count). The lowest BCUT2D eigenvalue weighted by Gasteiger charge is -2.22. The average Bonchev–Trinajstić information content (AvgIpc) is 2.88. The number of hydrogen-bond acceptors (Lipinski definition) is 3. The molecule has 1 aromatic carbocycles. The first kappa shape index (κ1) is 14.9. The van der Waals surface area contributed by atoms with Crippen molar-refractivity contribution in [1.29, 1.82) is 0 Å². The fourth-order valence-corrected chi connectivity index (χ4v) is 2.24. The molecule has 110 valence electrons. The first-order valence-corrected chi connectivity index (χ1v) is 6.45. The van der Waals surface area contributed by atoms with Crippen LogP contribution < -0.4 is 15.8 Å². The molecule has 3 nitrogen and oxygen atoms in total. The van der Waals surface area contributed by atoms with E-state index in [0.717, 1.165) is 18.4 Å². The molecule has 0 heterocycles. The zero-order valence-corrected chi connectivity index (χ0v) is 10.9. The van der Waals surface area contributed by atoms with E-state index in [0.29, 0.717) is 12.6 Å². The van der Waals surface area contributed by atoms with Gasteiger partial charge in [0.1, 0.15) is 5.75 Å². The van der Waals surface area contributed by atoms with Crippen LogP contribution in [0.4, 0.5) is 13.2 Å². The zero-order chi connectivity index (χ0) is 14.6. The zero-order valence-electron chi connectivity index (χ0n) is 10.9. The molecule has 0 amide bonds. The molecule has 0 radical (unpaired) electrons. The second-order valence-corrected chi connectivity index (χ2v) is 4.71. The molecule has 0 aromatic heterocycles. The Hall–Kier alpha value is -1.53. The Balaban J connectivity index is 1.99. The summed E-state index contributed by atoms with van der Waals surface area (Å²) < 4.78 is 40.1. The van der Waals surface area contributed by atoms with Gasteiger partial charge in [0, 0.05) is 18.6 Å². The molecule has 1 aromatic rings. The summed E-state index contributed by atoms with van der Waals surface area (Å²) in [6, 6.07) is 6.09. The number of halogens is 3. The average molecular weight is 286 g/mol. The molecular formula is C14H17F3N2O. The van der Waals surface area contributed by atoms with Crippen LogP contribution in [0, 0.1) is 0 Å². The summed E-state index contributed by atoms with van der Waals surface area (Å²) in [5.41, 5.74) is 6.58. The van der Waals surface area contributed by atoms with Gasteiger partial charge in [-0.1, -0.05) is 24.3 Å². The van der Waals surface area contributed by atoms with Gasteiger partial charge in [-0.2, -0.15) is 0 Å². The van der Waals surface area contributed by atoms with Crippen molar-refractivity contribution in [2.75, 3.05) is 6.54 Å². The second kappa shape index (κ2) is 6.28. The normalized spacial score (nSPS) is 17.4. The van der Waals surface area contributed by atoms with Crippen LogP contribution in [0.15, 0.2) is 36.4 Å². The van der Waals surface area contributed by atoms with Crippen molar-refractivity contribution in [3.63, 3.8) is 0 Å². The minimum absolute atomic E-state index is 0.0696. The Bertz CT molecular complexity index is 448. The number of nitrogens with one attached hydrogen (secondary N) is 1. The number of rotatable bonds is 5. The standard InChI is InChI=1S/C14H17F3N2O/c15-14(16,17)20-12-7-5-10(6-8-12)13(9-18)19-11-3-1-2-4-11/h1-2,5-8,11,13,19H,3-4,9,18H2. The summed E-state index contributed by atoms with van der Waals surface area (Å²) >= 11 is 0. The lowest BCUT2D eigenvalue weighted by atomic mass is 10.1. The maximum Gasteiger partial charge on any atom is 0.573 e. The molecule has 0 bridgehead atoms. The van der Waals surface area contributed by atoms with E-state index in [1.807, 2.05) is 0 Å². The second-order valence-electron chi connectivity index (χ2n) is 4.71. The van der Waals surface area contributed by atoms with Crippen LogP contribution in [-0.2, 0) is 0 Å².